The minimum Gasteiger partial charge on any atom is -0.456 e. The molecule has 1 aliphatic rings. The molecule has 4 heteroatoms. The van der Waals surface area contributed by atoms with Gasteiger partial charge in [0.1, 0.15) is 12.2 Å². The van der Waals surface area contributed by atoms with Crippen LogP contribution in [-0.2, 0) is 20.9 Å². The first-order chi connectivity index (χ1) is 12.7. The molecule has 0 saturated carbocycles. The first-order valence-corrected chi connectivity index (χ1v) is 9.90. The summed E-state index contributed by atoms with van der Waals surface area (Å²) in [6.07, 6.45) is 9.53. The van der Waals surface area contributed by atoms with Gasteiger partial charge in [-0.1, -0.05) is 75.4 Å². The van der Waals surface area contributed by atoms with Gasteiger partial charge in [-0.2, -0.15) is 0 Å². The van der Waals surface area contributed by atoms with Crippen LogP contribution in [0.25, 0.3) is 0 Å². The third kappa shape index (κ3) is 7.30. The molecule has 26 heavy (non-hydrogen) atoms. The molecule has 1 saturated heterocycles. The van der Waals surface area contributed by atoms with Crippen molar-refractivity contribution >= 4 is 5.97 Å². The van der Waals surface area contributed by atoms with Crippen LogP contribution in [-0.4, -0.2) is 29.9 Å². The van der Waals surface area contributed by atoms with E-state index in [0.29, 0.717) is 18.6 Å². The van der Waals surface area contributed by atoms with Crippen molar-refractivity contribution in [1.82, 2.24) is 0 Å². The number of allylic oxidation sites excluding steroid dienone is 1. The number of aliphatic hydroxyl groups excluding tert-OH is 1. The summed E-state index contributed by atoms with van der Waals surface area (Å²) in [5.41, 5.74) is 1.76. The van der Waals surface area contributed by atoms with Gasteiger partial charge in [0, 0.05) is 12.0 Å². The number of carbonyl (C=O) groups is 1. The van der Waals surface area contributed by atoms with Crippen LogP contribution < -0.4 is 0 Å². The first-order valence-electron chi connectivity index (χ1n) is 9.90. The highest BCUT2D eigenvalue weighted by Gasteiger charge is 2.33. The van der Waals surface area contributed by atoms with Gasteiger partial charge in [0.15, 0.2) is 0 Å². The molecule has 0 unspecified atom stereocenters. The molecule has 144 valence electrons. The quantitative estimate of drug-likeness (QED) is 0.337. The number of unbranched alkanes of at least 4 members (excludes halogenated alkanes) is 6. The van der Waals surface area contributed by atoms with Gasteiger partial charge in [0.25, 0.3) is 0 Å². The lowest BCUT2D eigenvalue weighted by Gasteiger charge is -2.16. The standard InChI is InChI=1S/C22H32O4/c1-2-3-4-5-6-7-11-14-19-15-21(26-22(19)24)20(23)17-25-16-18-12-9-8-10-13-18/h8-10,12-14,20-21,23H,2-7,11,15-17H2,1H3/b19-14-/t20-,21-/m0/s1. The molecular formula is C22H32O4. The molecule has 0 radical (unpaired) electrons. The molecule has 4 nitrogen and oxygen atoms in total. The maximum atomic E-state index is 11.9. The molecule has 2 rings (SSSR count). The summed E-state index contributed by atoms with van der Waals surface area (Å²) < 4.78 is 10.9. The van der Waals surface area contributed by atoms with E-state index in [4.69, 9.17) is 9.47 Å². The predicted molar refractivity (Wildman–Crippen MR) is 103 cm³/mol. The van der Waals surface area contributed by atoms with E-state index in [1.165, 1.54) is 32.1 Å². The average molecular weight is 360 g/mol. The Bertz CT molecular complexity index is 553. The highest BCUT2D eigenvalue weighted by Crippen LogP contribution is 2.24. The fraction of sp³-hybridized carbons (Fsp3) is 0.591. The number of ether oxygens (including phenoxy) is 2. The molecule has 1 aromatic rings. The van der Waals surface area contributed by atoms with Crippen LogP contribution >= 0.6 is 0 Å². The van der Waals surface area contributed by atoms with E-state index in [-0.39, 0.29) is 12.6 Å². The van der Waals surface area contributed by atoms with Crippen LogP contribution in [0.3, 0.4) is 0 Å². The second-order valence-corrected chi connectivity index (χ2v) is 7.00. The van der Waals surface area contributed by atoms with Crippen molar-refractivity contribution in [2.24, 2.45) is 0 Å². The molecule has 2 atom stereocenters. The lowest BCUT2D eigenvalue weighted by molar-refractivity contribution is -0.145. The zero-order chi connectivity index (χ0) is 18.6. The summed E-state index contributed by atoms with van der Waals surface area (Å²) in [6, 6.07) is 9.81. The summed E-state index contributed by atoms with van der Waals surface area (Å²) in [7, 11) is 0. The third-order valence-corrected chi connectivity index (χ3v) is 4.72. The number of cyclic esters (lactones) is 1. The van der Waals surface area contributed by atoms with Crippen LogP contribution in [0.4, 0.5) is 0 Å². The van der Waals surface area contributed by atoms with E-state index < -0.39 is 12.2 Å². The van der Waals surface area contributed by atoms with E-state index in [2.05, 4.69) is 6.92 Å². The van der Waals surface area contributed by atoms with Crippen molar-refractivity contribution < 1.29 is 19.4 Å². The minimum atomic E-state index is -0.789. The number of rotatable bonds is 12. The number of hydrogen-bond acceptors (Lipinski definition) is 4. The normalized spacial score (nSPS) is 19.7. The topological polar surface area (TPSA) is 55.8 Å². The summed E-state index contributed by atoms with van der Waals surface area (Å²) >= 11 is 0. The van der Waals surface area contributed by atoms with Crippen LogP contribution in [0.15, 0.2) is 42.0 Å². The van der Waals surface area contributed by atoms with Crippen molar-refractivity contribution in [2.45, 2.75) is 77.1 Å². The molecular weight excluding hydrogens is 328 g/mol. The molecule has 1 heterocycles. The summed E-state index contributed by atoms with van der Waals surface area (Å²) in [6.45, 7) is 2.82. The number of aliphatic hydroxyl groups is 1. The molecule has 0 amide bonds. The maximum absolute atomic E-state index is 11.9. The Hall–Kier alpha value is -1.65. The first kappa shape index (κ1) is 20.7. The molecule has 0 aliphatic carbocycles. The Balaban J connectivity index is 1.64. The minimum absolute atomic E-state index is 0.164. The predicted octanol–water partition coefficient (Wildman–Crippen LogP) is 4.56. The number of esters is 1. The van der Waals surface area contributed by atoms with Gasteiger partial charge in [-0.15, -0.1) is 0 Å². The number of benzene rings is 1. The fourth-order valence-corrected chi connectivity index (χ4v) is 3.12. The van der Waals surface area contributed by atoms with Gasteiger partial charge >= 0.3 is 5.97 Å². The number of hydrogen-bond donors (Lipinski definition) is 1. The zero-order valence-corrected chi connectivity index (χ0v) is 15.9. The van der Waals surface area contributed by atoms with Crippen molar-refractivity contribution in [3.05, 3.63) is 47.5 Å². The highest BCUT2D eigenvalue weighted by atomic mass is 16.6. The lowest BCUT2D eigenvalue weighted by Crippen LogP contribution is -2.30. The van der Waals surface area contributed by atoms with Crippen LogP contribution in [0.5, 0.6) is 0 Å². The SMILES string of the molecule is CCCCCCCC/C=C1/C[C@@H]([C@@H](O)COCc2ccccc2)OC1=O. The monoisotopic (exact) mass is 360 g/mol. The lowest BCUT2D eigenvalue weighted by atomic mass is 10.0. The summed E-state index contributed by atoms with van der Waals surface area (Å²) in [5.74, 6) is -0.289. The Labute approximate surface area is 157 Å². The van der Waals surface area contributed by atoms with Crippen molar-refractivity contribution in [3.8, 4) is 0 Å². The van der Waals surface area contributed by atoms with Crippen LogP contribution in [0, 0.1) is 0 Å². The average Bonchev–Trinajstić information content (AvgIpc) is 3.03. The summed E-state index contributed by atoms with van der Waals surface area (Å²) in [5, 5.41) is 10.2. The Morgan fingerprint density at radius 3 is 2.69 bits per heavy atom. The van der Waals surface area contributed by atoms with Crippen LogP contribution in [0.2, 0.25) is 0 Å². The second-order valence-electron chi connectivity index (χ2n) is 7.00. The van der Waals surface area contributed by atoms with Crippen molar-refractivity contribution in [2.75, 3.05) is 6.61 Å². The molecule has 0 spiro atoms. The molecule has 1 fully saturated rings. The maximum Gasteiger partial charge on any atom is 0.334 e. The van der Waals surface area contributed by atoms with Gasteiger partial charge in [0.2, 0.25) is 0 Å². The van der Waals surface area contributed by atoms with Crippen LogP contribution in [0.1, 0.15) is 63.9 Å². The van der Waals surface area contributed by atoms with Crippen molar-refractivity contribution in [1.29, 1.82) is 0 Å². The van der Waals surface area contributed by atoms with E-state index in [1.54, 1.807) is 0 Å². The van der Waals surface area contributed by atoms with Gasteiger partial charge in [0.05, 0.1) is 13.2 Å². The summed E-state index contributed by atoms with van der Waals surface area (Å²) in [4.78, 5) is 11.9. The van der Waals surface area contributed by atoms with Gasteiger partial charge in [-0.05, 0) is 18.4 Å². The van der Waals surface area contributed by atoms with E-state index in [0.717, 1.165) is 18.4 Å². The highest BCUT2D eigenvalue weighted by molar-refractivity contribution is 5.90. The van der Waals surface area contributed by atoms with Gasteiger partial charge in [-0.3, -0.25) is 0 Å². The van der Waals surface area contributed by atoms with E-state index >= 15 is 0 Å². The Kier molecular flexibility index (Phi) is 9.43. The van der Waals surface area contributed by atoms with Gasteiger partial charge in [-0.25, -0.2) is 4.79 Å². The molecule has 0 aromatic heterocycles. The van der Waals surface area contributed by atoms with E-state index in [1.807, 2.05) is 36.4 Å². The Morgan fingerprint density at radius 2 is 1.92 bits per heavy atom. The number of carbonyl (C=O) groups excluding carboxylic acids is 1. The van der Waals surface area contributed by atoms with Crippen molar-refractivity contribution in [3.63, 3.8) is 0 Å². The fourth-order valence-electron chi connectivity index (χ4n) is 3.12. The molecule has 1 aromatic carbocycles. The smallest absolute Gasteiger partial charge is 0.334 e. The van der Waals surface area contributed by atoms with E-state index in [9.17, 15) is 9.90 Å². The zero-order valence-electron chi connectivity index (χ0n) is 15.9. The molecule has 0 bridgehead atoms. The Morgan fingerprint density at radius 1 is 1.19 bits per heavy atom. The van der Waals surface area contributed by atoms with Gasteiger partial charge < -0.3 is 14.6 Å². The molecule has 1 aliphatic heterocycles. The third-order valence-electron chi connectivity index (χ3n) is 4.72. The molecule has 1 N–H and O–H groups in total. The second kappa shape index (κ2) is 11.9. The largest absolute Gasteiger partial charge is 0.456 e.